The number of anilines is 1. The van der Waals surface area contributed by atoms with Crippen LogP contribution < -0.4 is 5.32 Å². The van der Waals surface area contributed by atoms with Crippen LogP contribution in [0.2, 0.25) is 0 Å². The molecule has 1 atom stereocenters. The minimum atomic E-state index is -1.30. The first-order valence-corrected chi connectivity index (χ1v) is 6.24. The summed E-state index contributed by atoms with van der Waals surface area (Å²) in [6.07, 6.45) is 0.881. The smallest absolute Gasteiger partial charge is 0.342 e. The van der Waals surface area contributed by atoms with Crippen molar-refractivity contribution in [3.05, 3.63) is 33.9 Å². The summed E-state index contributed by atoms with van der Waals surface area (Å²) < 4.78 is 0. The Morgan fingerprint density at radius 2 is 2.15 bits per heavy atom. The van der Waals surface area contributed by atoms with Gasteiger partial charge >= 0.3 is 5.97 Å². The topological polar surface area (TPSA) is 95.7 Å². The Morgan fingerprint density at radius 3 is 2.65 bits per heavy atom. The Hall–Kier alpha value is -2.15. The molecular formula is C13H19N3O4. The van der Waals surface area contributed by atoms with Crippen LogP contribution in [0.25, 0.3) is 0 Å². The van der Waals surface area contributed by atoms with Crippen molar-refractivity contribution < 1.29 is 14.8 Å². The monoisotopic (exact) mass is 281 g/mol. The second-order valence-corrected chi connectivity index (χ2v) is 4.93. The number of nitrogens with one attached hydrogen (secondary N) is 1. The van der Waals surface area contributed by atoms with Crippen molar-refractivity contribution in [1.82, 2.24) is 4.90 Å². The predicted octanol–water partition coefficient (Wildman–Crippen LogP) is 2.05. The molecule has 20 heavy (non-hydrogen) atoms. The van der Waals surface area contributed by atoms with E-state index < -0.39 is 16.6 Å². The van der Waals surface area contributed by atoms with Crippen LogP contribution in [0.15, 0.2) is 18.2 Å². The number of benzene rings is 1. The van der Waals surface area contributed by atoms with Gasteiger partial charge in [-0.3, -0.25) is 10.1 Å². The minimum absolute atomic E-state index is 0.139. The van der Waals surface area contributed by atoms with E-state index in [9.17, 15) is 14.9 Å². The Balaban J connectivity index is 2.84. The van der Waals surface area contributed by atoms with Crippen molar-refractivity contribution in [3.63, 3.8) is 0 Å². The standard InChI is InChI=1S/C13H19N3O4/c1-9(6-7-15(2)3)14-10-4-5-12(16(19)20)11(8-10)13(17)18/h4-5,8-9,14H,6-7H2,1-3H3,(H,17,18). The van der Waals surface area contributed by atoms with Gasteiger partial charge in [0.15, 0.2) is 0 Å². The summed E-state index contributed by atoms with van der Waals surface area (Å²) in [4.78, 5) is 23.2. The quantitative estimate of drug-likeness (QED) is 0.586. The van der Waals surface area contributed by atoms with Gasteiger partial charge in [0.25, 0.3) is 5.69 Å². The predicted molar refractivity (Wildman–Crippen MR) is 76.3 cm³/mol. The molecule has 0 aliphatic rings. The number of hydrogen-bond acceptors (Lipinski definition) is 5. The molecule has 0 bridgehead atoms. The third-order valence-electron chi connectivity index (χ3n) is 2.85. The molecule has 2 N–H and O–H groups in total. The largest absolute Gasteiger partial charge is 0.477 e. The van der Waals surface area contributed by atoms with Crippen molar-refractivity contribution in [2.75, 3.05) is 26.0 Å². The zero-order valence-corrected chi connectivity index (χ0v) is 11.8. The van der Waals surface area contributed by atoms with Crippen LogP contribution in [0.3, 0.4) is 0 Å². The Morgan fingerprint density at radius 1 is 1.50 bits per heavy atom. The SMILES string of the molecule is CC(CCN(C)C)Nc1ccc([N+](=O)[O-])c(C(=O)O)c1. The molecule has 0 aliphatic carbocycles. The number of carbonyl (C=O) groups is 1. The van der Waals surface area contributed by atoms with Gasteiger partial charge in [-0.05, 0) is 46.1 Å². The lowest BCUT2D eigenvalue weighted by Crippen LogP contribution is -2.23. The average Bonchev–Trinajstić information content (AvgIpc) is 2.35. The normalized spacial score (nSPS) is 12.2. The van der Waals surface area contributed by atoms with E-state index in [1.54, 1.807) is 0 Å². The number of aromatic carboxylic acids is 1. The molecular weight excluding hydrogens is 262 g/mol. The molecule has 0 saturated carbocycles. The lowest BCUT2D eigenvalue weighted by molar-refractivity contribution is -0.385. The zero-order chi connectivity index (χ0) is 15.3. The van der Waals surface area contributed by atoms with Crippen molar-refractivity contribution in [2.24, 2.45) is 0 Å². The molecule has 7 nitrogen and oxygen atoms in total. The maximum absolute atomic E-state index is 11.0. The molecule has 0 saturated heterocycles. The zero-order valence-electron chi connectivity index (χ0n) is 11.8. The molecule has 1 aromatic carbocycles. The number of carboxylic acid groups (broad SMARTS) is 1. The lowest BCUT2D eigenvalue weighted by atomic mass is 10.1. The number of carboxylic acids is 1. The summed E-state index contributed by atoms with van der Waals surface area (Å²) in [5.74, 6) is -1.30. The lowest BCUT2D eigenvalue weighted by Gasteiger charge is -2.18. The van der Waals surface area contributed by atoms with Crippen LogP contribution >= 0.6 is 0 Å². The van der Waals surface area contributed by atoms with Gasteiger partial charge < -0.3 is 15.3 Å². The summed E-state index contributed by atoms with van der Waals surface area (Å²) in [5.41, 5.74) is -0.136. The van der Waals surface area contributed by atoms with Crippen LogP contribution in [0, 0.1) is 10.1 Å². The minimum Gasteiger partial charge on any atom is -0.477 e. The number of rotatable bonds is 7. The molecule has 1 unspecified atom stereocenters. The fourth-order valence-corrected chi connectivity index (χ4v) is 1.76. The van der Waals surface area contributed by atoms with E-state index in [4.69, 9.17) is 5.11 Å². The van der Waals surface area contributed by atoms with Gasteiger partial charge in [-0.25, -0.2) is 4.79 Å². The van der Waals surface area contributed by atoms with Crippen LogP contribution in [0.4, 0.5) is 11.4 Å². The Bertz CT molecular complexity index is 502. The highest BCUT2D eigenvalue weighted by Gasteiger charge is 2.20. The highest BCUT2D eigenvalue weighted by molar-refractivity contribution is 5.93. The van der Waals surface area contributed by atoms with Gasteiger partial charge in [-0.2, -0.15) is 0 Å². The fraction of sp³-hybridized carbons (Fsp3) is 0.462. The molecule has 0 fully saturated rings. The molecule has 110 valence electrons. The number of nitro benzene ring substituents is 1. The van der Waals surface area contributed by atoms with Gasteiger partial charge in [-0.15, -0.1) is 0 Å². The van der Waals surface area contributed by atoms with Crippen LogP contribution in [-0.4, -0.2) is 47.6 Å². The van der Waals surface area contributed by atoms with E-state index in [-0.39, 0.29) is 11.6 Å². The van der Waals surface area contributed by atoms with E-state index in [0.717, 1.165) is 13.0 Å². The summed E-state index contributed by atoms with van der Waals surface area (Å²) in [6, 6.07) is 4.17. The summed E-state index contributed by atoms with van der Waals surface area (Å²) >= 11 is 0. The molecule has 0 aliphatic heterocycles. The number of nitrogens with zero attached hydrogens (tertiary/aromatic N) is 2. The third-order valence-corrected chi connectivity index (χ3v) is 2.85. The van der Waals surface area contributed by atoms with Crippen molar-refractivity contribution >= 4 is 17.3 Å². The first-order valence-electron chi connectivity index (χ1n) is 6.24. The molecule has 0 aromatic heterocycles. The molecule has 0 radical (unpaired) electrons. The first kappa shape index (κ1) is 15.9. The van der Waals surface area contributed by atoms with Crippen LogP contribution in [0.5, 0.6) is 0 Å². The van der Waals surface area contributed by atoms with Crippen molar-refractivity contribution in [2.45, 2.75) is 19.4 Å². The average molecular weight is 281 g/mol. The van der Waals surface area contributed by atoms with E-state index in [2.05, 4.69) is 10.2 Å². The van der Waals surface area contributed by atoms with Gasteiger partial charge in [0.1, 0.15) is 5.56 Å². The van der Waals surface area contributed by atoms with Crippen LogP contribution in [0.1, 0.15) is 23.7 Å². The highest BCUT2D eigenvalue weighted by atomic mass is 16.6. The maximum Gasteiger partial charge on any atom is 0.342 e. The number of hydrogen-bond donors (Lipinski definition) is 2. The third kappa shape index (κ3) is 4.51. The van der Waals surface area contributed by atoms with Gasteiger partial charge in [0.2, 0.25) is 0 Å². The summed E-state index contributed by atoms with van der Waals surface area (Å²) in [5, 5.41) is 22.9. The van der Waals surface area contributed by atoms with Crippen molar-refractivity contribution in [1.29, 1.82) is 0 Å². The Labute approximate surface area is 117 Å². The molecule has 0 heterocycles. The summed E-state index contributed by atoms with van der Waals surface area (Å²) in [6.45, 7) is 2.87. The second-order valence-electron chi connectivity index (χ2n) is 4.93. The van der Waals surface area contributed by atoms with Crippen molar-refractivity contribution in [3.8, 4) is 0 Å². The first-order chi connectivity index (χ1) is 9.31. The number of nitro groups is 1. The summed E-state index contributed by atoms with van der Waals surface area (Å²) in [7, 11) is 3.95. The fourth-order valence-electron chi connectivity index (χ4n) is 1.76. The molecule has 1 rings (SSSR count). The maximum atomic E-state index is 11.0. The van der Waals surface area contributed by atoms with E-state index in [1.165, 1.54) is 18.2 Å². The van der Waals surface area contributed by atoms with E-state index >= 15 is 0 Å². The van der Waals surface area contributed by atoms with Gasteiger partial charge in [-0.1, -0.05) is 0 Å². The second kappa shape index (κ2) is 6.85. The molecule has 7 heteroatoms. The van der Waals surface area contributed by atoms with Gasteiger partial charge in [0, 0.05) is 17.8 Å². The molecule has 0 amide bonds. The van der Waals surface area contributed by atoms with E-state index in [1.807, 2.05) is 21.0 Å². The molecule has 1 aromatic rings. The van der Waals surface area contributed by atoms with Crippen LogP contribution in [-0.2, 0) is 0 Å². The highest BCUT2D eigenvalue weighted by Crippen LogP contribution is 2.23. The molecule has 0 spiro atoms. The van der Waals surface area contributed by atoms with Gasteiger partial charge in [0.05, 0.1) is 4.92 Å². The van der Waals surface area contributed by atoms with E-state index in [0.29, 0.717) is 5.69 Å². The Kier molecular flexibility index (Phi) is 5.45.